The molecule has 2 N–H and O–H groups in total. The fourth-order valence-electron chi connectivity index (χ4n) is 2.78. The zero-order valence-corrected chi connectivity index (χ0v) is 15.4. The number of halogens is 1. The molecule has 130 valence electrons. The summed E-state index contributed by atoms with van der Waals surface area (Å²) in [5.41, 5.74) is 2.21. The Bertz CT molecular complexity index is 756. The Hall–Kier alpha value is -2.34. The minimum absolute atomic E-state index is 0.0618. The maximum atomic E-state index is 12.3. The summed E-state index contributed by atoms with van der Waals surface area (Å²) < 4.78 is 0.955. The number of nitrogens with zero attached hydrogens (tertiary/aromatic N) is 1. The molecular formula is C19H20BrN3O2. The van der Waals surface area contributed by atoms with Crippen LogP contribution in [0.15, 0.2) is 53.0 Å². The van der Waals surface area contributed by atoms with Crippen molar-refractivity contribution in [2.45, 2.75) is 12.8 Å². The van der Waals surface area contributed by atoms with Crippen molar-refractivity contribution >= 4 is 39.1 Å². The Kier molecular flexibility index (Phi) is 5.71. The van der Waals surface area contributed by atoms with Crippen molar-refractivity contribution in [3.63, 3.8) is 0 Å². The predicted octanol–water partition coefficient (Wildman–Crippen LogP) is 3.74. The summed E-state index contributed by atoms with van der Waals surface area (Å²) in [6.45, 7) is 1.84. The first kappa shape index (κ1) is 17.5. The topological polar surface area (TPSA) is 61.4 Å². The number of hydrogen-bond donors (Lipinski definition) is 2. The molecule has 2 aromatic carbocycles. The van der Waals surface area contributed by atoms with Gasteiger partial charge in [0.15, 0.2) is 0 Å². The molecule has 5 nitrogen and oxygen atoms in total. The molecule has 0 unspecified atom stereocenters. The van der Waals surface area contributed by atoms with Gasteiger partial charge in [0.1, 0.15) is 0 Å². The lowest BCUT2D eigenvalue weighted by Gasteiger charge is -2.15. The Morgan fingerprint density at radius 1 is 1.00 bits per heavy atom. The largest absolute Gasteiger partial charge is 0.376 e. The summed E-state index contributed by atoms with van der Waals surface area (Å²) >= 11 is 3.39. The maximum Gasteiger partial charge on any atom is 0.253 e. The highest BCUT2D eigenvalue weighted by Gasteiger charge is 2.19. The maximum absolute atomic E-state index is 12.3. The van der Waals surface area contributed by atoms with E-state index in [4.69, 9.17) is 0 Å². The van der Waals surface area contributed by atoms with Gasteiger partial charge in [-0.3, -0.25) is 9.59 Å². The van der Waals surface area contributed by atoms with Gasteiger partial charge < -0.3 is 15.5 Å². The van der Waals surface area contributed by atoms with Crippen LogP contribution in [0.2, 0.25) is 0 Å². The normalized spacial score (nSPS) is 13.6. The van der Waals surface area contributed by atoms with Crippen LogP contribution in [0.25, 0.3) is 0 Å². The summed E-state index contributed by atoms with van der Waals surface area (Å²) in [6.07, 6.45) is 2.15. The smallest absolute Gasteiger partial charge is 0.253 e. The van der Waals surface area contributed by atoms with Crippen LogP contribution in [0.5, 0.6) is 0 Å². The summed E-state index contributed by atoms with van der Waals surface area (Å²) in [4.78, 5) is 26.2. The fraction of sp³-hybridized carbons (Fsp3) is 0.263. The summed E-state index contributed by atoms with van der Waals surface area (Å²) in [5, 5.41) is 5.89. The van der Waals surface area contributed by atoms with E-state index in [2.05, 4.69) is 26.6 Å². The molecule has 1 heterocycles. The van der Waals surface area contributed by atoms with Gasteiger partial charge in [-0.2, -0.15) is 0 Å². The molecular weight excluding hydrogens is 382 g/mol. The standard InChI is InChI=1S/C19H20BrN3O2/c20-15-4-3-5-17(12-15)21-13-18(24)22-16-8-6-14(7-9-16)19(25)23-10-1-2-11-23/h3-9,12,21H,1-2,10-11,13H2,(H,22,24). The van der Waals surface area contributed by atoms with E-state index in [0.717, 1.165) is 36.1 Å². The van der Waals surface area contributed by atoms with Gasteiger partial charge >= 0.3 is 0 Å². The van der Waals surface area contributed by atoms with Crippen LogP contribution >= 0.6 is 15.9 Å². The first-order valence-electron chi connectivity index (χ1n) is 8.30. The van der Waals surface area contributed by atoms with Gasteiger partial charge in [-0.25, -0.2) is 0 Å². The summed E-state index contributed by atoms with van der Waals surface area (Å²) in [6, 6.07) is 14.7. The Labute approximate surface area is 155 Å². The van der Waals surface area contributed by atoms with Crippen molar-refractivity contribution in [3.05, 3.63) is 58.6 Å². The second-order valence-electron chi connectivity index (χ2n) is 5.99. The van der Waals surface area contributed by atoms with E-state index in [9.17, 15) is 9.59 Å². The number of hydrogen-bond acceptors (Lipinski definition) is 3. The number of carbonyl (C=O) groups excluding carboxylic acids is 2. The molecule has 0 atom stereocenters. The number of carbonyl (C=O) groups is 2. The van der Waals surface area contributed by atoms with Crippen molar-refractivity contribution in [1.82, 2.24) is 4.90 Å². The first-order chi connectivity index (χ1) is 12.1. The average Bonchev–Trinajstić information content (AvgIpc) is 3.15. The molecule has 0 aliphatic carbocycles. The second-order valence-corrected chi connectivity index (χ2v) is 6.90. The van der Waals surface area contributed by atoms with E-state index in [1.807, 2.05) is 29.2 Å². The minimum atomic E-state index is -0.140. The van der Waals surface area contributed by atoms with Gasteiger partial charge in [-0.05, 0) is 55.3 Å². The summed E-state index contributed by atoms with van der Waals surface area (Å²) in [5.74, 6) is -0.0784. The fourth-order valence-corrected chi connectivity index (χ4v) is 3.18. The first-order valence-corrected chi connectivity index (χ1v) is 9.10. The van der Waals surface area contributed by atoms with Crippen LogP contribution in [0.1, 0.15) is 23.2 Å². The van der Waals surface area contributed by atoms with Gasteiger partial charge in [0, 0.05) is 34.5 Å². The lowest BCUT2D eigenvalue weighted by atomic mass is 10.2. The van der Waals surface area contributed by atoms with E-state index in [0.29, 0.717) is 11.3 Å². The number of benzene rings is 2. The molecule has 0 spiro atoms. The average molecular weight is 402 g/mol. The molecule has 0 aromatic heterocycles. The van der Waals surface area contributed by atoms with E-state index < -0.39 is 0 Å². The predicted molar refractivity (Wildman–Crippen MR) is 103 cm³/mol. The molecule has 0 radical (unpaired) electrons. The zero-order valence-electron chi connectivity index (χ0n) is 13.8. The van der Waals surface area contributed by atoms with Crippen molar-refractivity contribution in [2.24, 2.45) is 0 Å². The molecule has 1 aliphatic heterocycles. The monoisotopic (exact) mass is 401 g/mol. The van der Waals surface area contributed by atoms with Gasteiger partial charge in [-0.1, -0.05) is 22.0 Å². The Morgan fingerprint density at radius 3 is 2.40 bits per heavy atom. The van der Waals surface area contributed by atoms with Crippen LogP contribution in [-0.4, -0.2) is 36.3 Å². The van der Waals surface area contributed by atoms with Crippen LogP contribution in [0.3, 0.4) is 0 Å². The van der Waals surface area contributed by atoms with Crippen molar-refractivity contribution in [2.75, 3.05) is 30.3 Å². The van der Waals surface area contributed by atoms with Crippen LogP contribution in [0.4, 0.5) is 11.4 Å². The number of amides is 2. The molecule has 0 bridgehead atoms. The third kappa shape index (κ3) is 4.82. The zero-order chi connectivity index (χ0) is 17.6. The minimum Gasteiger partial charge on any atom is -0.376 e. The van der Waals surface area contributed by atoms with E-state index in [-0.39, 0.29) is 18.4 Å². The third-order valence-corrected chi connectivity index (χ3v) is 4.58. The highest BCUT2D eigenvalue weighted by atomic mass is 79.9. The van der Waals surface area contributed by atoms with E-state index >= 15 is 0 Å². The highest BCUT2D eigenvalue weighted by molar-refractivity contribution is 9.10. The SMILES string of the molecule is O=C(CNc1cccc(Br)c1)Nc1ccc(C(=O)N2CCCC2)cc1. The second kappa shape index (κ2) is 8.16. The number of rotatable bonds is 5. The van der Waals surface area contributed by atoms with Gasteiger partial charge in [-0.15, -0.1) is 0 Å². The van der Waals surface area contributed by atoms with E-state index in [1.54, 1.807) is 24.3 Å². The lowest BCUT2D eigenvalue weighted by Crippen LogP contribution is -2.27. The lowest BCUT2D eigenvalue weighted by molar-refractivity contribution is -0.114. The molecule has 2 aromatic rings. The van der Waals surface area contributed by atoms with Gasteiger partial charge in [0.25, 0.3) is 5.91 Å². The third-order valence-electron chi connectivity index (χ3n) is 4.09. The molecule has 1 aliphatic rings. The van der Waals surface area contributed by atoms with Gasteiger partial charge in [0.2, 0.25) is 5.91 Å². The van der Waals surface area contributed by atoms with Crippen molar-refractivity contribution in [3.8, 4) is 0 Å². The number of likely N-dealkylation sites (tertiary alicyclic amines) is 1. The molecule has 1 saturated heterocycles. The molecule has 6 heteroatoms. The molecule has 25 heavy (non-hydrogen) atoms. The Balaban J connectivity index is 1.52. The van der Waals surface area contributed by atoms with Crippen molar-refractivity contribution < 1.29 is 9.59 Å². The van der Waals surface area contributed by atoms with Crippen LogP contribution < -0.4 is 10.6 Å². The van der Waals surface area contributed by atoms with Crippen LogP contribution in [-0.2, 0) is 4.79 Å². The molecule has 3 rings (SSSR count). The summed E-state index contributed by atoms with van der Waals surface area (Å²) in [7, 11) is 0. The quantitative estimate of drug-likeness (QED) is 0.801. The van der Waals surface area contributed by atoms with E-state index in [1.165, 1.54) is 0 Å². The number of nitrogens with one attached hydrogen (secondary N) is 2. The molecule has 1 fully saturated rings. The highest BCUT2D eigenvalue weighted by Crippen LogP contribution is 2.17. The molecule has 2 amide bonds. The molecule has 0 saturated carbocycles. The number of anilines is 2. The Morgan fingerprint density at radius 2 is 1.72 bits per heavy atom. The van der Waals surface area contributed by atoms with Gasteiger partial charge in [0.05, 0.1) is 6.54 Å². The van der Waals surface area contributed by atoms with Crippen LogP contribution in [0, 0.1) is 0 Å². The van der Waals surface area contributed by atoms with Crippen molar-refractivity contribution in [1.29, 1.82) is 0 Å².